The van der Waals surface area contributed by atoms with Gasteiger partial charge in [-0.05, 0) is 12.8 Å². The molecule has 4 nitrogen and oxygen atoms in total. The standard InChI is InChI=1S/C14H14N2O2/c17-12(10-5-2-1-3-6-10)9-13-15-14(16-18-13)11-7-4-8-11/h1-3,5-6,11H,4,7-9H2. The molecule has 1 heterocycles. The number of nitrogens with zero attached hydrogens (tertiary/aromatic N) is 2. The average Bonchev–Trinajstić information content (AvgIpc) is 2.76. The average molecular weight is 242 g/mol. The summed E-state index contributed by atoms with van der Waals surface area (Å²) in [5.41, 5.74) is 0.681. The fourth-order valence-electron chi connectivity index (χ4n) is 2.04. The van der Waals surface area contributed by atoms with Crippen molar-refractivity contribution in [3.8, 4) is 0 Å². The summed E-state index contributed by atoms with van der Waals surface area (Å²) in [6, 6.07) is 9.18. The van der Waals surface area contributed by atoms with Gasteiger partial charge in [0.15, 0.2) is 11.6 Å². The molecule has 1 saturated carbocycles. The smallest absolute Gasteiger partial charge is 0.234 e. The summed E-state index contributed by atoms with van der Waals surface area (Å²) in [6.45, 7) is 0. The number of benzene rings is 1. The molecule has 4 heteroatoms. The highest BCUT2D eigenvalue weighted by molar-refractivity contribution is 5.96. The van der Waals surface area contributed by atoms with E-state index in [1.54, 1.807) is 12.1 Å². The molecule has 1 aliphatic rings. The summed E-state index contributed by atoms with van der Waals surface area (Å²) in [7, 11) is 0. The van der Waals surface area contributed by atoms with Crippen LogP contribution in [0, 0.1) is 0 Å². The summed E-state index contributed by atoms with van der Waals surface area (Å²) in [4.78, 5) is 16.2. The molecule has 0 bridgehead atoms. The molecular formula is C14H14N2O2. The molecule has 0 unspecified atom stereocenters. The predicted molar refractivity (Wildman–Crippen MR) is 65.4 cm³/mol. The molecule has 1 fully saturated rings. The van der Waals surface area contributed by atoms with E-state index in [0.717, 1.165) is 18.7 Å². The maximum Gasteiger partial charge on any atom is 0.234 e. The first kappa shape index (κ1) is 11.1. The van der Waals surface area contributed by atoms with Gasteiger partial charge in [0.2, 0.25) is 5.89 Å². The Morgan fingerprint density at radius 3 is 2.72 bits per heavy atom. The van der Waals surface area contributed by atoms with Gasteiger partial charge in [0.1, 0.15) is 0 Å². The van der Waals surface area contributed by atoms with Gasteiger partial charge in [-0.15, -0.1) is 0 Å². The Hall–Kier alpha value is -1.97. The van der Waals surface area contributed by atoms with Crippen LogP contribution in [-0.4, -0.2) is 15.9 Å². The van der Waals surface area contributed by atoms with Crippen molar-refractivity contribution >= 4 is 5.78 Å². The van der Waals surface area contributed by atoms with E-state index < -0.39 is 0 Å². The Balaban J connectivity index is 1.69. The van der Waals surface area contributed by atoms with E-state index in [-0.39, 0.29) is 12.2 Å². The predicted octanol–water partition coefficient (Wildman–Crippen LogP) is 2.76. The van der Waals surface area contributed by atoms with Gasteiger partial charge >= 0.3 is 0 Å². The molecular weight excluding hydrogens is 228 g/mol. The zero-order valence-corrected chi connectivity index (χ0v) is 10.0. The number of hydrogen-bond acceptors (Lipinski definition) is 4. The van der Waals surface area contributed by atoms with Crippen LogP contribution in [0.3, 0.4) is 0 Å². The number of Topliss-reactive ketones (excluding diaryl/α,β-unsaturated/α-hetero) is 1. The van der Waals surface area contributed by atoms with Crippen molar-refractivity contribution in [1.82, 2.24) is 10.1 Å². The Labute approximate surface area is 105 Å². The van der Waals surface area contributed by atoms with E-state index in [2.05, 4.69) is 10.1 Å². The van der Waals surface area contributed by atoms with Crippen molar-refractivity contribution in [2.24, 2.45) is 0 Å². The summed E-state index contributed by atoms with van der Waals surface area (Å²) in [6.07, 6.45) is 3.68. The lowest BCUT2D eigenvalue weighted by atomic mass is 9.85. The van der Waals surface area contributed by atoms with Crippen LogP contribution < -0.4 is 0 Å². The van der Waals surface area contributed by atoms with E-state index in [4.69, 9.17) is 4.52 Å². The quantitative estimate of drug-likeness (QED) is 0.773. The molecule has 1 aromatic carbocycles. The molecule has 92 valence electrons. The largest absolute Gasteiger partial charge is 0.339 e. The Morgan fingerprint density at radius 2 is 2.06 bits per heavy atom. The van der Waals surface area contributed by atoms with Crippen LogP contribution >= 0.6 is 0 Å². The lowest BCUT2D eigenvalue weighted by Crippen LogP contribution is -2.10. The monoisotopic (exact) mass is 242 g/mol. The second kappa shape index (κ2) is 4.72. The van der Waals surface area contributed by atoms with Crippen LogP contribution in [0.2, 0.25) is 0 Å². The number of rotatable bonds is 4. The minimum absolute atomic E-state index is 0.0133. The Morgan fingerprint density at radius 1 is 1.28 bits per heavy atom. The Bertz CT molecular complexity index is 544. The van der Waals surface area contributed by atoms with Gasteiger partial charge in [0, 0.05) is 11.5 Å². The molecule has 0 atom stereocenters. The molecule has 0 aliphatic heterocycles. The second-order valence-electron chi connectivity index (χ2n) is 4.64. The van der Waals surface area contributed by atoms with Gasteiger partial charge in [-0.25, -0.2) is 0 Å². The normalized spacial score (nSPS) is 15.3. The van der Waals surface area contributed by atoms with Gasteiger partial charge in [0.25, 0.3) is 0 Å². The van der Waals surface area contributed by atoms with E-state index >= 15 is 0 Å². The van der Waals surface area contributed by atoms with Crippen molar-refractivity contribution < 1.29 is 9.32 Å². The topological polar surface area (TPSA) is 56.0 Å². The van der Waals surface area contributed by atoms with Crippen LogP contribution in [0.25, 0.3) is 0 Å². The molecule has 1 aliphatic carbocycles. The van der Waals surface area contributed by atoms with Gasteiger partial charge in [0.05, 0.1) is 6.42 Å². The zero-order valence-electron chi connectivity index (χ0n) is 10.0. The molecule has 0 radical (unpaired) electrons. The molecule has 3 rings (SSSR count). The summed E-state index contributed by atoms with van der Waals surface area (Å²) >= 11 is 0. The van der Waals surface area contributed by atoms with Crippen molar-refractivity contribution in [2.45, 2.75) is 31.6 Å². The molecule has 18 heavy (non-hydrogen) atoms. The number of carbonyl (C=O) groups is 1. The Kier molecular flexibility index (Phi) is 2.92. The van der Waals surface area contributed by atoms with E-state index in [1.165, 1.54) is 6.42 Å². The fraction of sp³-hybridized carbons (Fsp3) is 0.357. The molecule has 2 aromatic rings. The number of ketones is 1. The first-order chi connectivity index (χ1) is 8.83. The minimum atomic E-state index is 0.0133. The van der Waals surface area contributed by atoms with E-state index in [9.17, 15) is 4.79 Å². The maximum atomic E-state index is 11.9. The molecule has 0 saturated heterocycles. The highest BCUT2D eigenvalue weighted by atomic mass is 16.5. The summed E-state index contributed by atoms with van der Waals surface area (Å²) in [5, 5.41) is 3.95. The van der Waals surface area contributed by atoms with E-state index in [0.29, 0.717) is 17.4 Å². The van der Waals surface area contributed by atoms with Crippen LogP contribution in [0.5, 0.6) is 0 Å². The van der Waals surface area contributed by atoms with Crippen molar-refractivity contribution in [3.63, 3.8) is 0 Å². The highest BCUT2D eigenvalue weighted by Crippen LogP contribution is 2.34. The van der Waals surface area contributed by atoms with Gasteiger partial charge in [-0.2, -0.15) is 4.98 Å². The maximum absolute atomic E-state index is 11.9. The highest BCUT2D eigenvalue weighted by Gasteiger charge is 2.25. The van der Waals surface area contributed by atoms with Crippen LogP contribution in [0.4, 0.5) is 0 Å². The third kappa shape index (κ3) is 2.18. The summed E-state index contributed by atoms with van der Waals surface area (Å²) in [5.74, 6) is 1.64. The lowest BCUT2D eigenvalue weighted by Gasteiger charge is -2.20. The van der Waals surface area contributed by atoms with Gasteiger partial charge in [-0.3, -0.25) is 4.79 Å². The van der Waals surface area contributed by atoms with E-state index in [1.807, 2.05) is 18.2 Å². The number of aromatic nitrogens is 2. The lowest BCUT2D eigenvalue weighted by molar-refractivity contribution is 0.0983. The molecule has 1 aromatic heterocycles. The van der Waals surface area contributed by atoms with Crippen LogP contribution in [0.15, 0.2) is 34.9 Å². The second-order valence-corrected chi connectivity index (χ2v) is 4.64. The number of hydrogen-bond donors (Lipinski definition) is 0. The molecule has 0 amide bonds. The third-order valence-electron chi connectivity index (χ3n) is 3.36. The summed E-state index contributed by atoms with van der Waals surface area (Å²) < 4.78 is 5.13. The van der Waals surface area contributed by atoms with Crippen molar-refractivity contribution in [2.75, 3.05) is 0 Å². The minimum Gasteiger partial charge on any atom is -0.339 e. The SMILES string of the molecule is O=C(Cc1nc(C2CCC2)no1)c1ccccc1. The first-order valence-electron chi connectivity index (χ1n) is 6.23. The first-order valence-corrected chi connectivity index (χ1v) is 6.23. The van der Waals surface area contributed by atoms with Crippen molar-refractivity contribution in [3.05, 3.63) is 47.6 Å². The van der Waals surface area contributed by atoms with Crippen molar-refractivity contribution in [1.29, 1.82) is 0 Å². The fourth-order valence-corrected chi connectivity index (χ4v) is 2.04. The van der Waals surface area contributed by atoms with Crippen LogP contribution in [-0.2, 0) is 6.42 Å². The van der Waals surface area contributed by atoms with Gasteiger partial charge < -0.3 is 4.52 Å². The van der Waals surface area contributed by atoms with Gasteiger partial charge in [-0.1, -0.05) is 41.9 Å². The zero-order chi connectivity index (χ0) is 12.4. The molecule has 0 N–H and O–H groups in total. The van der Waals surface area contributed by atoms with Crippen LogP contribution in [0.1, 0.15) is 47.3 Å². The third-order valence-corrected chi connectivity index (χ3v) is 3.36. The molecule has 0 spiro atoms. The number of carbonyl (C=O) groups excluding carboxylic acids is 1.